The number of hydrogen-bond donors (Lipinski definition) is 6. The van der Waals surface area contributed by atoms with Gasteiger partial charge in [-0.25, -0.2) is 20.9 Å². The lowest BCUT2D eigenvalue weighted by Crippen LogP contribution is -2.65. The standard InChI is InChI=1S/C12H22O24S5/c1-3-5(32-37(14,15)16)7(9(11(13)29-3)35-40(23,24)25)31-12-10(36-41(26,27)28)8(34-39(20,21)22)6(4(2)30-12)33-38(17,18)19/h3-13H,1-2H3,(H,14,15,16)(H,17,18,19)(H,20,21,22)(H,23,24,25)(H,26,27,28)/t3-,4-,5+,6+,7+,8+,9-,10-,11+,12-/m0/s1. The maximum Gasteiger partial charge on any atom is 0.397 e. The van der Waals surface area contributed by atoms with Gasteiger partial charge in [0.05, 0.1) is 12.2 Å². The van der Waals surface area contributed by atoms with Crippen LogP contribution in [0.3, 0.4) is 0 Å². The van der Waals surface area contributed by atoms with Crippen molar-refractivity contribution in [1.29, 1.82) is 0 Å². The van der Waals surface area contributed by atoms with E-state index in [1.807, 2.05) is 0 Å². The number of aliphatic hydroxyl groups is 1. The van der Waals surface area contributed by atoms with E-state index in [1.165, 1.54) is 0 Å². The molecule has 2 aliphatic rings. The molecule has 0 amide bonds. The van der Waals surface area contributed by atoms with Gasteiger partial charge in [0.2, 0.25) is 0 Å². The van der Waals surface area contributed by atoms with E-state index in [9.17, 15) is 51.7 Å². The molecule has 0 saturated carbocycles. The zero-order valence-corrected chi connectivity index (χ0v) is 23.9. The summed E-state index contributed by atoms with van der Waals surface area (Å²) in [6.07, 6.45) is -24.1. The third kappa shape index (κ3) is 11.7. The molecule has 0 aliphatic carbocycles. The fourth-order valence-corrected chi connectivity index (χ4v) is 6.23. The molecule has 2 fully saturated rings. The Labute approximate surface area is 232 Å². The molecular formula is C12H22O24S5. The molecule has 0 radical (unpaired) electrons. The molecule has 0 aromatic rings. The van der Waals surface area contributed by atoms with Crippen molar-refractivity contribution < 1.29 is 105 Å². The summed E-state index contributed by atoms with van der Waals surface area (Å²) < 4.78 is 196. The number of aliphatic hydroxyl groups excluding tert-OH is 1. The highest BCUT2D eigenvalue weighted by Gasteiger charge is 2.56. The topological polar surface area (TPSA) is 366 Å². The molecule has 0 aromatic carbocycles. The zero-order valence-electron chi connectivity index (χ0n) is 19.8. The minimum atomic E-state index is -5.77. The Morgan fingerprint density at radius 3 is 1.20 bits per heavy atom. The van der Waals surface area contributed by atoms with Crippen molar-refractivity contribution in [2.75, 3.05) is 0 Å². The first-order chi connectivity index (χ1) is 18.2. The Hall–Kier alpha value is -0.810. The van der Waals surface area contributed by atoms with Crippen LogP contribution >= 0.6 is 0 Å². The maximum absolute atomic E-state index is 11.5. The largest absolute Gasteiger partial charge is 0.397 e. The van der Waals surface area contributed by atoms with Crippen LogP contribution in [0.5, 0.6) is 0 Å². The maximum atomic E-state index is 11.5. The van der Waals surface area contributed by atoms with E-state index < -0.39 is 113 Å². The third-order valence-corrected chi connectivity index (χ3v) is 7.25. The first-order valence-corrected chi connectivity index (χ1v) is 16.9. The van der Waals surface area contributed by atoms with Crippen LogP contribution in [0.1, 0.15) is 13.8 Å². The fourth-order valence-electron chi connectivity index (χ4n) is 3.67. The Morgan fingerprint density at radius 1 is 0.463 bits per heavy atom. The summed E-state index contributed by atoms with van der Waals surface area (Å²) in [5.41, 5.74) is 0. The molecule has 6 N–H and O–H groups in total. The monoisotopic (exact) mass is 710 g/mol. The number of rotatable bonds is 12. The van der Waals surface area contributed by atoms with Crippen LogP contribution in [0, 0.1) is 0 Å². The van der Waals surface area contributed by atoms with Gasteiger partial charge in [-0.15, -0.1) is 0 Å². The Morgan fingerprint density at radius 2 is 0.780 bits per heavy atom. The van der Waals surface area contributed by atoms with Gasteiger partial charge in [0.15, 0.2) is 24.8 Å². The van der Waals surface area contributed by atoms with Gasteiger partial charge in [0, 0.05) is 0 Å². The predicted octanol–water partition coefficient (Wildman–Crippen LogP) is -4.21. The van der Waals surface area contributed by atoms with E-state index in [4.69, 9.17) is 32.4 Å². The summed E-state index contributed by atoms with van der Waals surface area (Å²) in [6, 6.07) is 0. The molecule has 2 heterocycles. The molecule has 0 aromatic heterocycles. The van der Waals surface area contributed by atoms with E-state index in [-0.39, 0.29) is 0 Å². The second-order valence-electron chi connectivity index (χ2n) is 7.98. The molecule has 0 bridgehead atoms. The molecule has 24 nitrogen and oxygen atoms in total. The summed E-state index contributed by atoms with van der Waals surface area (Å²) >= 11 is 0. The minimum absolute atomic E-state index is 0.829. The van der Waals surface area contributed by atoms with Gasteiger partial charge in [-0.3, -0.25) is 22.8 Å². The zero-order chi connectivity index (χ0) is 31.9. The lowest BCUT2D eigenvalue weighted by Gasteiger charge is -2.47. The van der Waals surface area contributed by atoms with Crippen molar-refractivity contribution in [3.63, 3.8) is 0 Å². The fraction of sp³-hybridized carbons (Fsp3) is 1.00. The average molecular weight is 711 g/mol. The Bertz CT molecular complexity index is 1420. The average Bonchev–Trinajstić information content (AvgIpc) is 2.69. The third-order valence-electron chi connectivity index (χ3n) is 4.93. The molecule has 2 saturated heterocycles. The minimum Gasteiger partial charge on any atom is -0.366 e. The Kier molecular flexibility index (Phi) is 11.2. The predicted molar refractivity (Wildman–Crippen MR) is 118 cm³/mol. The molecule has 244 valence electrons. The van der Waals surface area contributed by atoms with Gasteiger partial charge in [-0.2, -0.15) is 42.1 Å². The summed E-state index contributed by atoms with van der Waals surface area (Å²) in [5, 5.41) is 10.2. The molecule has 29 heteroatoms. The highest BCUT2D eigenvalue weighted by atomic mass is 32.3. The van der Waals surface area contributed by atoms with Crippen molar-refractivity contribution in [3.8, 4) is 0 Å². The SMILES string of the molecule is C[C@@H]1O[C@@H](O)[C@@H](OS(=O)(=O)O)[C@H](O[C@@H]2O[C@@H](C)[C@@H](OS(=O)(=O)O)[C@@H](OS(=O)(=O)O)[C@@H]2OS(=O)(=O)O)[C@@H]1OS(=O)(=O)O. The van der Waals surface area contributed by atoms with Crippen LogP contribution in [0.25, 0.3) is 0 Å². The highest BCUT2D eigenvalue weighted by molar-refractivity contribution is 7.81. The van der Waals surface area contributed by atoms with Crippen LogP contribution in [0.4, 0.5) is 0 Å². The van der Waals surface area contributed by atoms with Crippen LogP contribution in [-0.4, -0.2) is 131 Å². The summed E-state index contributed by atoms with van der Waals surface area (Å²) in [7, 11) is -28.1. The smallest absolute Gasteiger partial charge is 0.366 e. The van der Waals surface area contributed by atoms with E-state index in [0.717, 1.165) is 13.8 Å². The molecule has 2 aliphatic heterocycles. The molecule has 0 unspecified atom stereocenters. The number of ether oxygens (including phenoxy) is 3. The second kappa shape index (κ2) is 12.7. The van der Waals surface area contributed by atoms with Gasteiger partial charge < -0.3 is 19.3 Å². The van der Waals surface area contributed by atoms with Gasteiger partial charge >= 0.3 is 52.0 Å². The molecule has 41 heavy (non-hydrogen) atoms. The van der Waals surface area contributed by atoms with Crippen LogP contribution < -0.4 is 0 Å². The van der Waals surface area contributed by atoms with Crippen LogP contribution in [-0.2, 0) is 87.1 Å². The van der Waals surface area contributed by atoms with Crippen LogP contribution in [0.15, 0.2) is 0 Å². The van der Waals surface area contributed by atoms with Crippen molar-refractivity contribution in [2.45, 2.75) is 75.3 Å². The van der Waals surface area contributed by atoms with Crippen LogP contribution in [0.2, 0.25) is 0 Å². The van der Waals surface area contributed by atoms with Gasteiger partial charge in [0.1, 0.15) is 24.4 Å². The summed E-state index contributed by atoms with van der Waals surface area (Å²) in [5.74, 6) is 0. The normalized spacial score (nSPS) is 36.2. The lowest BCUT2D eigenvalue weighted by atomic mass is 9.97. The van der Waals surface area contributed by atoms with E-state index in [0.29, 0.717) is 0 Å². The van der Waals surface area contributed by atoms with Gasteiger partial charge in [-0.05, 0) is 13.8 Å². The Balaban J connectivity index is 2.70. The first-order valence-electron chi connectivity index (χ1n) is 10.1. The summed E-state index contributed by atoms with van der Waals surface area (Å²) in [6.45, 7) is 1.77. The van der Waals surface area contributed by atoms with Crippen molar-refractivity contribution >= 4 is 52.0 Å². The summed E-state index contributed by atoms with van der Waals surface area (Å²) in [4.78, 5) is 0. The van der Waals surface area contributed by atoms with Gasteiger partial charge in [-0.1, -0.05) is 0 Å². The van der Waals surface area contributed by atoms with E-state index in [2.05, 4.69) is 20.9 Å². The van der Waals surface area contributed by atoms with Crippen molar-refractivity contribution in [3.05, 3.63) is 0 Å². The lowest BCUT2D eigenvalue weighted by molar-refractivity contribution is -0.338. The molecule has 10 atom stereocenters. The molecule has 0 spiro atoms. The molecular weight excluding hydrogens is 688 g/mol. The highest BCUT2D eigenvalue weighted by Crippen LogP contribution is 2.35. The molecule has 2 rings (SSSR count). The quantitative estimate of drug-likeness (QED) is 0.104. The van der Waals surface area contributed by atoms with Crippen molar-refractivity contribution in [2.24, 2.45) is 0 Å². The van der Waals surface area contributed by atoms with Crippen molar-refractivity contribution in [1.82, 2.24) is 0 Å². The van der Waals surface area contributed by atoms with E-state index in [1.54, 1.807) is 0 Å². The number of hydrogen-bond acceptors (Lipinski definition) is 19. The van der Waals surface area contributed by atoms with Gasteiger partial charge in [0.25, 0.3) is 0 Å². The van der Waals surface area contributed by atoms with E-state index >= 15 is 0 Å². The second-order valence-corrected chi connectivity index (χ2v) is 13.2. The first kappa shape index (κ1) is 36.4.